The lowest BCUT2D eigenvalue weighted by Crippen LogP contribution is -2.55. The molecule has 0 aromatic heterocycles. The number of hydrogen-bond acceptors (Lipinski definition) is 8. The van der Waals surface area contributed by atoms with Crippen LogP contribution in [0.5, 0.6) is 11.5 Å². The summed E-state index contributed by atoms with van der Waals surface area (Å²) in [6, 6.07) is 12.6. The molecule has 6 aliphatic heterocycles. The van der Waals surface area contributed by atoms with Gasteiger partial charge in [0, 0.05) is 104 Å². The molecule has 4 bridgehead atoms. The van der Waals surface area contributed by atoms with Gasteiger partial charge in [0.15, 0.2) is 0 Å². The first-order valence-electron chi connectivity index (χ1n) is 13.3. The van der Waals surface area contributed by atoms with Gasteiger partial charge in [0.2, 0.25) is 11.8 Å². The normalized spacial score (nSPS) is 23.1. The van der Waals surface area contributed by atoms with Crippen LogP contribution in [0.2, 0.25) is 0 Å². The first-order chi connectivity index (χ1) is 18.3. The van der Waals surface area contributed by atoms with Gasteiger partial charge in [0.1, 0.15) is 11.5 Å². The van der Waals surface area contributed by atoms with Crippen molar-refractivity contribution in [2.45, 2.75) is 13.8 Å². The molecule has 0 atom stereocenters. The Kier molecular flexibility index (Phi) is 15.8. The van der Waals surface area contributed by atoms with Gasteiger partial charge in [-0.25, -0.2) is 0 Å². The number of benzene rings is 2. The van der Waals surface area contributed by atoms with E-state index in [0.29, 0.717) is 11.4 Å². The Balaban J connectivity index is 0.000000264. The number of phenols is 2. The molecule has 2 amide bonds. The minimum absolute atomic E-state index is 0. The predicted octanol–water partition coefficient (Wildman–Crippen LogP) is 0.287. The second-order valence-electron chi connectivity index (χ2n) is 9.82. The van der Waals surface area contributed by atoms with Crippen LogP contribution < -0.4 is 10.6 Å². The van der Waals surface area contributed by atoms with Crippen LogP contribution in [0.1, 0.15) is 13.8 Å². The van der Waals surface area contributed by atoms with Gasteiger partial charge in [0.05, 0.1) is 0 Å². The highest BCUT2D eigenvalue weighted by Crippen LogP contribution is 2.14. The maximum absolute atomic E-state index is 10.5. The van der Waals surface area contributed by atoms with Crippen LogP contribution in [0.25, 0.3) is 0 Å². The quantitative estimate of drug-likeness (QED) is 0.378. The molecular weight excluding hydrogens is 516 g/mol. The van der Waals surface area contributed by atoms with Crippen molar-refractivity contribution < 1.29 is 30.8 Å². The maximum Gasteiger partial charge on any atom is 0.221 e. The molecule has 12 heteroatoms. The molecule has 0 spiro atoms. The van der Waals surface area contributed by atoms with Gasteiger partial charge >= 0.3 is 0 Å². The van der Waals surface area contributed by atoms with Crippen LogP contribution in [0.3, 0.4) is 0 Å². The van der Waals surface area contributed by atoms with Gasteiger partial charge < -0.3 is 31.8 Å². The van der Waals surface area contributed by atoms with Crippen LogP contribution in [0.15, 0.2) is 48.5 Å². The number of carbonyl (C=O) groups excluding carboxylic acids is 2. The van der Waals surface area contributed by atoms with Crippen molar-refractivity contribution in [2.24, 2.45) is 0 Å². The molecule has 2 aromatic rings. The summed E-state index contributed by atoms with van der Waals surface area (Å²) in [6.45, 7) is 18.7. The van der Waals surface area contributed by atoms with Crippen molar-refractivity contribution in [2.75, 3.05) is 89.2 Å². The first-order valence-corrected chi connectivity index (χ1v) is 13.3. The highest BCUT2D eigenvalue weighted by Gasteiger charge is 2.22. The largest absolute Gasteiger partial charge is 0.508 e. The van der Waals surface area contributed by atoms with Crippen molar-refractivity contribution in [1.29, 1.82) is 0 Å². The zero-order valence-corrected chi connectivity index (χ0v) is 23.6. The number of anilines is 2. The predicted molar refractivity (Wildman–Crippen MR) is 158 cm³/mol. The number of nitrogens with zero attached hydrogens (tertiary/aromatic N) is 4. The molecule has 0 aliphatic carbocycles. The second kappa shape index (κ2) is 18.2. The molecule has 8 N–H and O–H groups in total. The number of nitrogens with one attached hydrogen (secondary N) is 2. The van der Waals surface area contributed by atoms with Crippen molar-refractivity contribution in [3.8, 4) is 11.5 Å². The van der Waals surface area contributed by atoms with Crippen LogP contribution >= 0.6 is 0 Å². The summed E-state index contributed by atoms with van der Waals surface area (Å²) in [6.07, 6.45) is 0. The first kappa shape index (κ1) is 34.8. The molecule has 0 unspecified atom stereocenters. The molecule has 6 saturated heterocycles. The summed E-state index contributed by atoms with van der Waals surface area (Å²) in [5.41, 5.74) is 1.38. The fourth-order valence-electron chi connectivity index (χ4n) is 4.53. The van der Waals surface area contributed by atoms with Gasteiger partial charge in [-0.3, -0.25) is 29.2 Å². The Bertz CT molecular complexity index is 864. The monoisotopic (exact) mass is 562 g/mol. The maximum atomic E-state index is 10.5. The number of fused-ring (bicyclic) bond motifs is 6. The van der Waals surface area contributed by atoms with Gasteiger partial charge in [0.25, 0.3) is 0 Å². The van der Waals surface area contributed by atoms with Gasteiger partial charge in [-0.15, -0.1) is 0 Å². The number of rotatable bonds is 2. The zero-order valence-electron chi connectivity index (χ0n) is 23.6. The minimum Gasteiger partial charge on any atom is -0.508 e. The van der Waals surface area contributed by atoms with Gasteiger partial charge in [-0.2, -0.15) is 0 Å². The number of amides is 2. The van der Waals surface area contributed by atoms with E-state index in [-0.39, 0.29) is 34.3 Å². The molecule has 224 valence electrons. The highest BCUT2D eigenvalue weighted by atomic mass is 16.3. The third-order valence-electron chi connectivity index (χ3n) is 6.77. The van der Waals surface area contributed by atoms with E-state index >= 15 is 0 Å². The average molecular weight is 563 g/mol. The van der Waals surface area contributed by atoms with E-state index in [1.807, 2.05) is 0 Å². The smallest absolute Gasteiger partial charge is 0.221 e. The van der Waals surface area contributed by atoms with Crippen LogP contribution in [0, 0.1) is 0 Å². The van der Waals surface area contributed by atoms with Gasteiger partial charge in [-0.05, 0) is 48.5 Å². The molecule has 0 saturated carbocycles. The number of phenolic OH excluding ortho intramolecular Hbond substituents is 2. The van der Waals surface area contributed by atoms with E-state index in [1.165, 1.54) is 117 Å². The van der Waals surface area contributed by atoms with Gasteiger partial charge in [-0.1, -0.05) is 0 Å². The van der Waals surface area contributed by atoms with E-state index in [1.54, 1.807) is 24.3 Å². The average Bonchev–Trinajstić information content (AvgIpc) is 2.94. The number of aromatic hydroxyl groups is 2. The lowest BCUT2D eigenvalue weighted by Gasteiger charge is -2.41. The summed E-state index contributed by atoms with van der Waals surface area (Å²) in [5, 5.41) is 22.9. The third kappa shape index (κ3) is 13.2. The SMILES string of the molecule is C1CN2CCN1CC2.C1CN2CCN1CC2.CC(=O)Nc1ccc(O)cc1.CC(=O)Nc1ccc(O)cc1.O.O. The van der Waals surface area contributed by atoms with Crippen LogP contribution in [-0.4, -0.2) is 131 Å². The van der Waals surface area contributed by atoms with Crippen molar-refractivity contribution >= 4 is 23.2 Å². The summed E-state index contributed by atoms with van der Waals surface area (Å²) in [7, 11) is 0. The Labute approximate surface area is 236 Å². The second-order valence-corrected chi connectivity index (χ2v) is 9.82. The highest BCUT2D eigenvalue weighted by molar-refractivity contribution is 5.89. The van der Waals surface area contributed by atoms with Crippen molar-refractivity contribution in [3.05, 3.63) is 48.5 Å². The molecule has 0 radical (unpaired) electrons. The number of piperazine rings is 6. The standard InChI is InChI=1S/2C8H9NO2.2C6H12N2.2H2O/c2*1-6(10)9-7-2-4-8(11)5-3-7;2*1-2-8-5-3-7(1)4-6-8;;/h2*2-5,11H,1H3,(H,9,10);2*1-6H2;2*1H2. The van der Waals surface area contributed by atoms with Crippen LogP contribution in [-0.2, 0) is 9.59 Å². The zero-order chi connectivity index (χ0) is 27.3. The molecule has 12 nitrogen and oxygen atoms in total. The number of hydrogen-bond donors (Lipinski definition) is 4. The summed E-state index contributed by atoms with van der Waals surface area (Å²) in [5.74, 6) is 0.157. The topological polar surface area (TPSA) is 175 Å². The van der Waals surface area contributed by atoms with E-state index < -0.39 is 0 Å². The molecule has 40 heavy (non-hydrogen) atoms. The van der Waals surface area contributed by atoms with E-state index in [9.17, 15) is 9.59 Å². The molecule has 6 heterocycles. The Morgan fingerprint density at radius 3 is 0.850 bits per heavy atom. The molecule has 6 aliphatic rings. The molecule has 6 fully saturated rings. The molecular formula is C28H46N6O6. The summed E-state index contributed by atoms with van der Waals surface area (Å²) >= 11 is 0. The van der Waals surface area contributed by atoms with Crippen molar-refractivity contribution in [3.63, 3.8) is 0 Å². The third-order valence-corrected chi connectivity index (χ3v) is 6.77. The lowest BCUT2D eigenvalue weighted by atomic mass is 10.2. The van der Waals surface area contributed by atoms with E-state index in [2.05, 4.69) is 30.2 Å². The van der Waals surface area contributed by atoms with E-state index in [4.69, 9.17) is 10.2 Å². The fraction of sp³-hybridized carbons (Fsp3) is 0.500. The Morgan fingerprint density at radius 2 is 0.700 bits per heavy atom. The van der Waals surface area contributed by atoms with E-state index in [0.717, 1.165) is 0 Å². The fourth-order valence-corrected chi connectivity index (χ4v) is 4.53. The summed E-state index contributed by atoms with van der Waals surface area (Å²) < 4.78 is 0. The Hall–Kier alpha value is -3.26. The summed E-state index contributed by atoms with van der Waals surface area (Å²) in [4.78, 5) is 31.2. The number of carbonyl (C=O) groups is 2. The van der Waals surface area contributed by atoms with Crippen LogP contribution in [0.4, 0.5) is 11.4 Å². The molecule has 8 rings (SSSR count). The molecule has 2 aromatic carbocycles. The lowest BCUT2D eigenvalue weighted by molar-refractivity contribution is -0.115. The van der Waals surface area contributed by atoms with Crippen molar-refractivity contribution in [1.82, 2.24) is 19.6 Å². The minimum atomic E-state index is -0.115. The Morgan fingerprint density at radius 1 is 0.500 bits per heavy atom.